The van der Waals surface area contributed by atoms with Gasteiger partial charge >= 0.3 is 23.1 Å². The van der Waals surface area contributed by atoms with Crippen LogP contribution in [0.3, 0.4) is 0 Å². The fourth-order valence-electron chi connectivity index (χ4n) is 0.420. The maximum atomic E-state index is 4.95. The molecule has 0 aliphatic heterocycles. The van der Waals surface area contributed by atoms with Gasteiger partial charge in [-0.3, -0.25) is 6.92 Å². The Morgan fingerprint density at radius 3 is 1.64 bits per heavy atom. The summed E-state index contributed by atoms with van der Waals surface area (Å²) in [5.74, 6) is 0. The Morgan fingerprint density at radius 1 is 1.18 bits per heavy atom. The second-order valence-corrected chi connectivity index (χ2v) is 1.34. The van der Waals surface area contributed by atoms with Crippen molar-refractivity contribution in [3.8, 4) is 0 Å². The minimum atomic E-state index is -0.287. The van der Waals surface area contributed by atoms with Gasteiger partial charge in [0, 0.05) is 19.5 Å². The van der Waals surface area contributed by atoms with E-state index in [1.165, 1.54) is 0 Å². The Labute approximate surface area is 100 Å². The first-order valence-corrected chi connectivity index (χ1v) is 2.87. The molecule has 0 saturated heterocycles. The molecule has 0 aliphatic rings. The first kappa shape index (κ1) is 22.8. The van der Waals surface area contributed by atoms with E-state index < -0.39 is 0 Å². The van der Waals surface area contributed by atoms with Crippen LogP contribution in [0.1, 0.15) is 13.8 Å². The molecule has 0 aliphatic carbocycles. The SMILES string of the molecule is Br.[CH2-]C(OCC)OCC.[Mg+2].[SiH3-]. The van der Waals surface area contributed by atoms with Gasteiger partial charge in [0.2, 0.25) is 0 Å². The molecule has 0 aromatic heterocycles. The van der Waals surface area contributed by atoms with Crippen LogP contribution < -0.4 is 0 Å². The summed E-state index contributed by atoms with van der Waals surface area (Å²) in [4.78, 5) is 0. The fourth-order valence-corrected chi connectivity index (χ4v) is 0.420. The van der Waals surface area contributed by atoms with Crippen molar-refractivity contribution in [2.24, 2.45) is 0 Å². The van der Waals surface area contributed by atoms with E-state index in [1.807, 2.05) is 13.8 Å². The smallest absolute Gasteiger partial charge is 0.384 e. The van der Waals surface area contributed by atoms with Gasteiger partial charge in [0.1, 0.15) is 0 Å². The molecular formula is C6H17BrMgO2Si. The van der Waals surface area contributed by atoms with E-state index in [-0.39, 0.29) is 57.3 Å². The largest absolute Gasteiger partial charge is 2.00 e. The summed E-state index contributed by atoms with van der Waals surface area (Å²) in [5.41, 5.74) is 0. The van der Waals surface area contributed by atoms with Crippen LogP contribution in [0, 0.1) is 6.92 Å². The molecule has 0 atom stereocenters. The van der Waals surface area contributed by atoms with E-state index in [9.17, 15) is 0 Å². The van der Waals surface area contributed by atoms with Crippen LogP contribution in [-0.4, -0.2) is 53.5 Å². The molecule has 0 unspecified atom stereocenters. The zero-order valence-corrected chi connectivity index (χ0v) is 12.8. The second kappa shape index (κ2) is 17.5. The molecule has 0 heterocycles. The molecule has 0 amide bonds. The molecule has 0 fully saturated rings. The monoisotopic (exact) mass is 252 g/mol. The molecule has 0 saturated carbocycles. The van der Waals surface area contributed by atoms with Crippen LogP contribution in [0.15, 0.2) is 0 Å². The van der Waals surface area contributed by atoms with Crippen LogP contribution in [0.25, 0.3) is 0 Å². The molecule has 0 rings (SSSR count). The standard InChI is InChI=1S/C6H13O2.BrH.Mg.H3Si/c1-4-7-6(3)8-5-2;;;/h6H,3-5H2,1-2H3;1H;;1H3/q-1;;+2;-1. The summed E-state index contributed by atoms with van der Waals surface area (Å²) in [6.45, 7) is 8.72. The number of rotatable bonds is 4. The number of hydrogen-bond acceptors (Lipinski definition) is 2. The van der Waals surface area contributed by atoms with Gasteiger partial charge in [0.05, 0.1) is 0 Å². The van der Waals surface area contributed by atoms with Gasteiger partial charge in [-0.25, -0.2) is 0 Å². The average molecular weight is 253 g/mol. The van der Waals surface area contributed by atoms with Gasteiger partial charge in [0.15, 0.2) is 0 Å². The van der Waals surface area contributed by atoms with Gasteiger partial charge in [-0.05, 0) is 13.8 Å². The third kappa shape index (κ3) is 18.4. The first-order valence-electron chi connectivity index (χ1n) is 2.87. The van der Waals surface area contributed by atoms with E-state index in [4.69, 9.17) is 9.47 Å². The number of hydrogen-bond donors (Lipinski definition) is 0. The Morgan fingerprint density at radius 2 is 1.45 bits per heavy atom. The molecule has 66 valence electrons. The van der Waals surface area contributed by atoms with Gasteiger partial charge < -0.3 is 20.4 Å². The van der Waals surface area contributed by atoms with Crippen LogP contribution >= 0.6 is 17.0 Å². The molecule has 0 spiro atoms. The Balaban J connectivity index is -0.0000000817. The maximum absolute atomic E-state index is 4.95. The second-order valence-electron chi connectivity index (χ2n) is 1.34. The van der Waals surface area contributed by atoms with Gasteiger partial charge in [-0.1, -0.05) is 0 Å². The van der Waals surface area contributed by atoms with E-state index in [0.29, 0.717) is 13.2 Å². The summed E-state index contributed by atoms with van der Waals surface area (Å²) < 4.78 is 9.90. The molecule has 2 nitrogen and oxygen atoms in total. The minimum absolute atomic E-state index is 0. The Hall–Kier alpha value is 1.38. The molecule has 0 N–H and O–H groups in total. The molecule has 5 heteroatoms. The topological polar surface area (TPSA) is 18.5 Å². The summed E-state index contributed by atoms with van der Waals surface area (Å²) in [6, 6.07) is 0. The average Bonchev–Trinajstić information content (AvgIpc) is 1.68. The maximum Gasteiger partial charge on any atom is 2.00 e. The fraction of sp³-hybridized carbons (Fsp3) is 0.833. The van der Waals surface area contributed by atoms with E-state index in [0.717, 1.165) is 0 Å². The van der Waals surface area contributed by atoms with Crippen LogP contribution in [0.4, 0.5) is 0 Å². The predicted molar refractivity (Wildman–Crippen MR) is 58.4 cm³/mol. The van der Waals surface area contributed by atoms with Crippen molar-refractivity contribution >= 4 is 51.0 Å². The van der Waals surface area contributed by atoms with Crippen molar-refractivity contribution in [2.75, 3.05) is 13.2 Å². The summed E-state index contributed by atoms with van der Waals surface area (Å²) in [7, 11) is 0. The van der Waals surface area contributed by atoms with E-state index in [2.05, 4.69) is 6.92 Å². The minimum Gasteiger partial charge on any atom is -0.384 e. The molecule has 11 heavy (non-hydrogen) atoms. The summed E-state index contributed by atoms with van der Waals surface area (Å²) in [5, 5.41) is 0. The number of ether oxygens (including phenoxy) is 2. The van der Waals surface area contributed by atoms with E-state index in [1.54, 1.807) is 0 Å². The number of halogens is 1. The Kier molecular flexibility index (Phi) is 36.2. The molecule has 0 bridgehead atoms. The molecule has 0 radical (unpaired) electrons. The summed E-state index contributed by atoms with van der Waals surface area (Å²) >= 11 is 0. The van der Waals surface area contributed by atoms with E-state index >= 15 is 0 Å². The predicted octanol–water partition coefficient (Wildman–Crippen LogP) is 0.233. The third-order valence-corrected chi connectivity index (χ3v) is 0.705. The third-order valence-electron chi connectivity index (χ3n) is 0.705. The van der Waals surface area contributed by atoms with Crippen LogP contribution in [-0.2, 0) is 9.47 Å². The van der Waals surface area contributed by atoms with Gasteiger partial charge in [0.25, 0.3) is 0 Å². The van der Waals surface area contributed by atoms with Crippen molar-refractivity contribution < 1.29 is 9.47 Å². The van der Waals surface area contributed by atoms with Gasteiger partial charge in [-0.15, -0.1) is 17.0 Å². The van der Waals surface area contributed by atoms with Crippen molar-refractivity contribution in [1.29, 1.82) is 0 Å². The molecule has 0 aromatic carbocycles. The van der Waals surface area contributed by atoms with Crippen LogP contribution in [0.2, 0.25) is 0 Å². The van der Waals surface area contributed by atoms with Crippen LogP contribution in [0.5, 0.6) is 0 Å². The van der Waals surface area contributed by atoms with Crippen molar-refractivity contribution in [3.63, 3.8) is 0 Å². The zero-order chi connectivity index (χ0) is 6.41. The van der Waals surface area contributed by atoms with Crippen molar-refractivity contribution in [3.05, 3.63) is 6.92 Å². The quantitative estimate of drug-likeness (QED) is 0.406. The first-order chi connectivity index (χ1) is 3.81. The van der Waals surface area contributed by atoms with Crippen molar-refractivity contribution in [1.82, 2.24) is 0 Å². The normalized spacial score (nSPS) is 7.64. The molecule has 0 aromatic rings. The van der Waals surface area contributed by atoms with Crippen molar-refractivity contribution in [2.45, 2.75) is 20.1 Å². The zero-order valence-electron chi connectivity index (χ0n) is 7.63. The van der Waals surface area contributed by atoms with Gasteiger partial charge in [-0.2, -0.15) is 0 Å². The molecular weight excluding hydrogens is 236 g/mol. The summed E-state index contributed by atoms with van der Waals surface area (Å²) in [6.07, 6.45) is -0.287. The Bertz CT molecular complexity index is 53.8.